The minimum Gasteiger partial charge on any atom is -0.377 e. The lowest BCUT2D eigenvalue weighted by molar-refractivity contribution is -0.135. The zero-order chi connectivity index (χ0) is 16.3. The molecule has 4 nitrogen and oxygen atoms in total. The van der Waals surface area contributed by atoms with Gasteiger partial charge in [0.25, 0.3) is 0 Å². The number of nitrogens with zero attached hydrogens (tertiary/aromatic N) is 2. The Balaban J connectivity index is 2.00. The minimum atomic E-state index is -0.766. The van der Waals surface area contributed by atoms with Crippen molar-refractivity contribution in [1.82, 2.24) is 4.90 Å². The Morgan fingerprint density at radius 2 is 1.86 bits per heavy atom. The van der Waals surface area contributed by atoms with E-state index in [1.54, 1.807) is 11.0 Å². The fraction of sp³-hybridized carbons (Fsp3) is 0.500. The van der Waals surface area contributed by atoms with Gasteiger partial charge in [-0.15, -0.1) is 0 Å². The number of rotatable bonds is 3. The first-order chi connectivity index (χ1) is 10.4. The fourth-order valence-corrected chi connectivity index (χ4v) is 2.59. The van der Waals surface area contributed by atoms with E-state index in [4.69, 9.17) is 5.26 Å². The maximum Gasteiger partial charge on any atom is 0.225 e. The molecule has 0 spiro atoms. The fourth-order valence-electron chi connectivity index (χ4n) is 2.59. The van der Waals surface area contributed by atoms with Crippen molar-refractivity contribution in [2.75, 3.05) is 18.4 Å². The normalized spacial score (nSPS) is 15.7. The molecule has 1 saturated heterocycles. The maximum absolute atomic E-state index is 13.8. The molecule has 1 amide bonds. The van der Waals surface area contributed by atoms with Crippen LogP contribution in [0.5, 0.6) is 0 Å². The highest BCUT2D eigenvalue weighted by Crippen LogP contribution is 2.24. The third-order valence-corrected chi connectivity index (χ3v) is 3.82. The van der Waals surface area contributed by atoms with Crippen molar-refractivity contribution in [2.45, 2.75) is 32.7 Å². The summed E-state index contributed by atoms with van der Waals surface area (Å²) < 4.78 is 27.7. The molecule has 118 valence electrons. The lowest BCUT2D eigenvalue weighted by atomic mass is 10.0. The van der Waals surface area contributed by atoms with Crippen LogP contribution in [0.4, 0.5) is 14.5 Å². The molecule has 1 heterocycles. The van der Waals surface area contributed by atoms with Crippen LogP contribution in [0.15, 0.2) is 12.1 Å². The molecular formula is C16H19F2N3O. The SMILES string of the molecule is CC(C)C(=O)N1CCC(Nc2c(F)cc(C#N)cc2F)CC1. The maximum atomic E-state index is 13.8. The van der Waals surface area contributed by atoms with E-state index in [1.807, 2.05) is 13.8 Å². The molecule has 0 unspecified atom stereocenters. The Hall–Kier alpha value is -2.16. The van der Waals surface area contributed by atoms with E-state index < -0.39 is 11.6 Å². The molecule has 1 aromatic rings. The highest BCUT2D eigenvalue weighted by molar-refractivity contribution is 5.78. The number of benzene rings is 1. The van der Waals surface area contributed by atoms with Crippen LogP contribution in [0.2, 0.25) is 0 Å². The summed E-state index contributed by atoms with van der Waals surface area (Å²) in [6.45, 7) is 4.87. The van der Waals surface area contributed by atoms with Crippen molar-refractivity contribution >= 4 is 11.6 Å². The monoisotopic (exact) mass is 307 g/mol. The van der Waals surface area contributed by atoms with E-state index in [0.717, 1.165) is 12.1 Å². The predicted octanol–water partition coefficient (Wildman–Crippen LogP) is 2.90. The van der Waals surface area contributed by atoms with Crippen molar-refractivity contribution in [1.29, 1.82) is 5.26 Å². The van der Waals surface area contributed by atoms with Crippen molar-refractivity contribution in [3.05, 3.63) is 29.3 Å². The average molecular weight is 307 g/mol. The zero-order valence-electron chi connectivity index (χ0n) is 12.7. The van der Waals surface area contributed by atoms with Crippen LogP contribution in [0.25, 0.3) is 0 Å². The molecule has 0 atom stereocenters. The van der Waals surface area contributed by atoms with Gasteiger partial charge in [-0.2, -0.15) is 5.26 Å². The van der Waals surface area contributed by atoms with Crippen LogP contribution in [-0.4, -0.2) is 29.9 Å². The molecule has 1 aromatic carbocycles. The van der Waals surface area contributed by atoms with Crippen LogP contribution < -0.4 is 5.32 Å². The molecule has 0 saturated carbocycles. The van der Waals surface area contributed by atoms with Crippen molar-refractivity contribution in [3.63, 3.8) is 0 Å². The summed E-state index contributed by atoms with van der Waals surface area (Å²) in [6.07, 6.45) is 1.27. The first-order valence-electron chi connectivity index (χ1n) is 7.37. The van der Waals surface area contributed by atoms with E-state index in [9.17, 15) is 13.6 Å². The van der Waals surface area contributed by atoms with Gasteiger partial charge in [0.05, 0.1) is 11.6 Å². The second-order valence-electron chi connectivity index (χ2n) is 5.83. The molecule has 2 rings (SSSR count). The van der Waals surface area contributed by atoms with E-state index in [-0.39, 0.29) is 29.1 Å². The lowest BCUT2D eigenvalue weighted by Gasteiger charge is -2.34. The van der Waals surface area contributed by atoms with Gasteiger partial charge in [-0.25, -0.2) is 8.78 Å². The van der Waals surface area contributed by atoms with Gasteiger partial charge in [0.15, 0.2) is 11.6 Å². The minimum absolute atomic E-state index is 0.0436. The van der Waals surface area contributed by atoms with Crippen LogP contribution in [-0.2, 0) is 4.79 Å². The second kappa shape index (κ2) is 6.73. The number of likely N-dealkylation sites (tertiary alicyclic amines) is 1. The quantitative estimate of drug-likeness (QED) is 0.934. The Labute approximate surface area is 128 Å². The number of nitriles is 1. The molecule has 0 bridgehead atoms. The Bertz CT molecular complexity index is 579. The van der Waals surface area contributed by atoms with Crippen molar-refractivity contribution in [3.8, 4) is 6.07 Å². The Morgan fingerprint density at radius 3 is 2.32 bits per heavy atom. The number of halogens is 2. The van der Waals surface area contributed by atoms with Gasteiger partial charge >= 0.3 is 0 Å². The molecule has 22 heavy (non-hydrogen) atoms. The summed E-state index contributed by atoms with van der Waals surface area (Å²) in [5.74, 6) is -1.47. The van der Waals surface area contributed by atoms with E-state index in [0.29, 0.717) is 25.9 Å². The van der Waals surface area contributed by atoms with Gasteiger partial charge in [-0.05, 0) is 25.0 Å². The zero-order valence-corrected chi connectivity index (χ0v) is 12.7. The van der Waals surface area contributed by atoms with Gasteiger partial charge in [-0.1, -0.05) is 13.8 Å². The number of anilines is 1. The average Bonchev–Trinajstić information content (AvgIpc) is 2.50. The number of carbonyl (C=O) groups excluding carboxylic acids is 1. The highest BCUT2D eigenvalue weighted by Gasteiger charge is 2.25. The molecule has 0 radical (unpaired) electrons. The summed E-state index contributed by atoms with van der Waals surface area (Å²) in [6, 6.07) is 3.66. The third-order valence-electron chi connectivity index (χ3n) is 3.82. The molecule has 1 aliphatic rings. The summed E-state index contributed by atoms with van der Waals surface area (Å²) in [5.41, 5.74) is -0.245. The molecule has 1 aliphatic heterocycles. The van der Waals surface area contributed by atoms with Crippen LogP contribution >= 0.6 is 0 Å². The molecule has 6 heteroatoms. The van der Waals surface area contributed by atoms with Gasteiger partial charge < -0.3 is 10.2 Å². The van der Waals surface area contributed by atoms with Crippen molar-refractivity contribution in [2.24, 2.45) is 5.92 Å². The molecular weight excluding hydrogens is 288 g/mol. The summed E-state index contributed by atoms with van der Waals surface area (Å²) in [7, 11) is 0. The lowest BCUT2D eigenvalue weighted by Crippen LogP contribution is -2.44. The first kappa shape index (κ1) is 16.2. The Morgan fingerprint density at radius 1 is 1.32 bits per heavy atom. The molecule has 0 aliphatic carbocycles. The Kier molecular flexibility index (Phi) is 4.96. The molecule has 1 N–H and O–H groups in total. The summed E-state index contributed by atoms with van der Waals surface area (Å²) in [5, 5.41) is 11.5. The first-order valence-corrected chi connectivity index (χ1v) is 7.37. The molecule has 0 aromatic heterocycles. The number of carbonyl (C=O) groups is 1. The third kappa shape index (κ3) is 3.53. The molecule has 1 fully saturated rings. The summed E-state index contributed by atoms with van der Waals surface area (Å²) >= 11 is 0. The number of piperidine rings is 1. The van der Waals surface area contributed by atoms with Crippen LogP contribution in [0, 0.1) is 28.9 Å². The largest absolute Gasteiger partial charge is 0.377 e. The number of amides is 1. The topological polar surface area (TPSA) is 56.1 Å². The van der Waals surface area contributed by atoms with Crippen LogP contribution in [0.1, 0.15) is 32.3 Å². The van der Waals surface area contributed by atoms with Crippen molar-refractivity contribution < 1.29 is 13.6 Å². The number of hydrogen-bond acceptors (Lipinski definition) is 3. The second-order valence-corrected chi connectivity index (χ2v) is 5.83. The van der Waals surface area contributed by atoms with E-state index in [2.05, 4.69) is 5.32 Å². The van der Waals surface area contributed by atoms with Gasteiger partial charge in [0, 0.05) is 25.0 Å². The number of hydrogen-bond donors (Lipinski definition) is 1. The highest BCUT2D eigenvalue weighted by atomic mass is 19.1. The van der Waals surface area contributed by atoms with E-state index in [1.165, 1.54) is 0 Å². The smallest absolute Gasteiger partial charge is 0.225 e. The predicted molar refractivity (Wildman–Crippen MR) is 79.1 cm³/mol. The summed E-state index contributed by atoms with van der Waals surface area (Å²) in [4.78, 5) is 13.7. The van der Waals surface area contributed by atoms with E-state index >= 15 is 0 Å². The standard InChI is InChI=1S/C16H19F2N3O/c1-10(2)16(22)21-5-3-12(4-6-21)20-15-13(17)7-11(9-19)8-14(15)18/h7-8,10,12,20H,3-6H2,1-2H3. The number of nitrogens with one attached hydrogen (secondary N) is 1. The van der Waals surface area contributed by atoms with Gasteiger partial charge in [0.1, 0.15) is 5.69 Å². The van der Waals surface area contributed by atoms with Gasteiger partial charge in [-0.3, -0.25) is 4.79 Å². The van der Waals surface area contributed by atoms with Gasteiger partial charge in [0.2, 0.25) is 5.91 Å². The van der Waals surface area contributed by atoms with Crippen LogP contribution in [0.3, 0.4) is 0 Å².